The van der Waals surface area contributed by atoms with Gasteiger partial charge in [-0.05, 0) is 18.9 Å². The third-order valence-corrected chi connectivity index (χ3v) is 4.88. The molecule has 6 heteroatoms. The zero-order chi connectivity index (χ0) is 13.2. The minimum atomic E-state index is -2.97. The molecule has 100 valence electrons. The first-order valence-corrected chi connectivity index (χ1v) is 7.66. The second-order valence-electron chi connectivity index (χ2n) is 4.57. The molecule has 1 unspecified atom stereocenters. The van der Waals surface area contributed by atoms with Gasteiger partial charge in [-0.15, -0.1) is 0 Å². The normalized spacial score (nSPS) is 22.9. The molecule has 1 aromatic rings. The summed E-state index contributed by atoms with van der Waals surface area (Å²) in [5, 5.41) is 3.01. The van der Waals surface area contributed by atoms with E-state index in [4.69, 9.17) is 0 Å². The second kappa shape index (κ2) is 5.32. The molecule has 0 aliphatic carbocycles. The van der Waals surface area contributed by atoms with Crippen molar-refractivity contribution in [2.24, 2.45) is 0 Å². The Morgan fingerprint density at radius 2 is 2.11 bits per heavy atom. The van der Waals surface area contributed by atoms with E-state index in [1.54, 1.807) is 0 Å². The summed E-state index contributed by atoms with van der Waals surface area (Å²) < 4.78 is 48.9. The Bertz CT molecular complexity index is 531. The summed E-state index contributed by atoms with van der Waals surface area (Å²) in [6.45, 7) is 0.215. The maximum atomic E-state index is 13.4. The molecule has 18 heavy (non-hydrogen) atoms. The molecule has 0 bridgehead atoms. The number of sulfone groups is 1. The molecule has 3 nitrogen and oxygen atoms in total. The summed E-state index contributed by atoms with van der Waals surface area (Å²) >= 11 is 0. The van der Waals surface area contributed by atoms with Gasteiger partial charge in [0.15, 0.2) is 9.84 Å². The lowest BCUT2D eigenvalue weighted by Gasteiger charge is -2.23. The van der Waals surface area contributed by atoms with Crippen molar-refractivity contribution in [1.82, 2.24) is 5.32 Å². The summed E-state index contributed by atoms with van der Waals surface area (Å²) in [7, 11) is -2.97. The van der Waals surface area contributed by atoms with Crippen LogP contribution < -0.4 is 5.32 Å². The van der Waals surface area contributed by atoms with Crippen LogP contribution in [0, 0.1) is 11.6 Å². The summed E-state index contributed by atoms with van der Waals surface area (Å²) in [6.07, 6.45) is 1.40. The van der Waals surface area contributed by atoms with Gasteiger partial charge in [-0.1, -0.05) is 6.07 Å². The van der Waals surface area contributed by atoms with Crippen molar-refractivity contribution >= 4 is 9.84 Å². The minimum Gasteiger partial charge on any atom is -0.309 e. The minimum absolute atomic E-state index is 0.0931. The molecule has 0 saturated carbocycles. The lowest BCUT2D eigenvalue weighted by atomic mass is 10.1. The van der Waals surface area contributed by atoms with Crippen LogP contribution in [0.2, 0.25) is 0 Å². The van der Waals surface area contributed by atoms with Gasteiger partial charge in [-0.2, -0.15) is 0 Å². The lowest BCUT2D eigenvalue weighted by Crippen LogP contribution is -2.39. The third-order valence-electron chi connectivity index (χ3n) is 3.06. The first-order valence-electron chi connectivity index (χ1n) is 5.84. The van der Waals surface area contributed by atoms with Crippen molar-refractivity contribution in [3.8, 4) is 0 Å². The van der Waals surface area contributed by atoms with E-state index >= 15 is 0 Å². The van der Waals surface area contributed by atoms with Crippen LogP contribution in [-0.4, -0.2) is 26.0 Å². The van der Waals surface area contributed by atoms with Gasteiger partial charge < -0.3 is 5.32 Å². The summed E-state index contributed by atoms with van der Waals surface area (Å²) in [6, 6.07) is 3.25. The number of rotatable bonds is 3. The molecule has 1 aliphatic heterocycles. The largest absolute Gasteiger partial charge is 0.309 e. The molecule has 1 N–H and O–H groups in total. The number of nitrogens with one attached hydrogen (secondary N) is 1. The Hall–Kier alpha value is -1.01. The summed E-state index contributed by atoms with van der Waals surface area (Å²) in [5.74, 6) is -0.899. The van der Waals surface area contributed by atoms with Crippen LogP contribution in [-0.2, 0) is 16.4 Å². The Morgan fingerprint density at radius 3 is 2.78 bits per heavy atom. The fraction of sp³-hybridized carbons (Fsp3) is 0.500. The van der Waals surface area contributed by atoms with Crippen molar-refractivity contribution in [1.29, 1.82) is 0 Å². The van der Waals surface area contributed by atoms with Crippen LogP contribution >= 0.6 is 0 Å². The maximum absolute atomic E-state index is 13.4. The zero-order valence-electron chi connectivity index (χ0n) is 9.83. The van der Waals surface area contributed by atoms with E-state index in [1.807, 2.05) is 0 Å². The summed E-state index contributed by atoms with van der Waals surface area (Å²) in [4.78, 5) is 0. The Balaban J connectivity index is 1.95. The van der Waals surface area contributed by atoms with Gasteiger partial charge in [0, 0.05) is 24.2 Å². The van der Waals surface area contributed by atoms with Gasteiger partial charge in [0.2, 0.25) is 0 Å². The van der Waals surface area contributed by atoms with Crippen LogP contribution in [0.5, 0.6) is 0 Å². The van der Waals surface area contributed by atoms with Crippen LogP contribution in [0.3, 0.4) is 0 Å². The fourth-order valence-corrected chi connectivity index (χ4v) is 3.77. The molecular formula is C12H15F2NO2S. The van der Waals surface area contributed by atoms with E-state index < -0.39 is 21.5 Å². The Morgan fingerprint density at radius 1 is 1.33 bits per heavy atom. The standard InChI is InChI=1S/C12H15F2NO2S/c13-10-4-3-9(12(14)6-10)7-15-11-2-1-5-18(16,17)8-11/h3-4,6,11,15H,1-2,5,7-8H2. The zero-order valence-corrected chi connectivity index (χ0v) is 10.6. The first kappa shape index (κ1) is 13.4. The van der Waals surface area contributed by atoms with Crippen LogP contribution in [0.4, 0.5) is 8.78 Å². The lowest BCUT2D eigenvalue weighted by molar-refractivity contribution is 0.472. The highest BCUT2D eigenvalue weighted by atomic mass is 32.2. The van der Waals surface area contributed by atoms with Crippen molar-refractivity contribution < 1.29 is 17.2 Å². The quantitative estimate of drug-likeness (QED) is 0.912. The number of hydrogen-bond acceptors (Lipinski definition) is 3. The van der Waals surface area contributed by atoms with Gasteiger partial charge in [0.05, 0.1) is 11.5 Å². The van der Waals surface area contributed by atoms with Gasteiger partial charge in [0.1, 0.15) is 11.6 Å². The molecule has 1 fully saturated rings. The molecule has 0 spiro atoms. The van der Waals surface area contributed by atoms with Gasteiger partial charge in [0.25, 0.3) is 0 Å². The predicted molar refractivity (Wildman–Crippen MR) is 64.9 cm³/mol. The topological polar surface area (TPSA) is 46.2 Å². The summed E-state index contributed by atoms with van der Waals surface area (Å²) in [5.41, 5.74) is 0.347. The maximum Gasteiger partial charge on any atom is 0.151 e. The van der Waals surface area contributed by atoms with E-state index in [9.17, 15) is 17.2 Å². The van der Waals surface area contributed by atoms with E-state index in [0.29, 0.717) is 12.0 Å². The molecule has 1 atom stereocenters. The number of benzene rings is 1. The highest BCUT2D eigenvalue weighted by Gasteiger charge is 2.24. The molecule has 0 aromatic heterocycles. The molecular weight excluding hydrogens is 260 g/mol. The molecule has 0 amide bonds. The van der Waals surface area contributed by atoms with Gasteiger partial charge in [-0.3, -0.25) is 0 Å². The molecule has 2 rings (SSSR count). The molecule has 0 radical (unpaired) electrons. The van der Waals surface area contributed by atoms with Crippen molar-refractivity contribution in [3.05, 3.63) is 35.4 Å². The van der Waals surface area contributed by atoms with Crippen molar-refractivity contribution in [2.75, 3.05) is 11.5 Å². The highest BCUT2D eigenvalue weighted by Crippen LogP contribution is 2.14. The predicted octanol–water partition coefficient (Wildman–Crippen LogP) is 1.63. The van der Waals surface area contributed by atoms with Crippen LogP contribution in [0.15, 0.2) is 18.2 Å². The van der Waals surface area contributed by atoms with Gasteiger partial charge in [-0.25, -0.2) is 17.2 Å². The number of hydrogen-bond donors (Lipinski definition) is 1. The fourth-order valence-electron chi connectivity index (χ4n) is 2.10. The number of halogens is 2. The van der Waals surface area contributed by atoms with E-state index in [1.165, 1.54) is 12.1 Å². The molecule has 1 aliphatic rings. The van der Waals surface area contributed by atoms with Crippen LogP contribution in [0.1, 0.15) is 18.4 Å². The van der Waals surface area contributed by atoms with E-state index in [-0.39, 0.29) is 24.1 Å². The Labute approximate surface area is 105 Å². The van der Waals surface area contributed by atoms with E-state index in [0.717, 1.165) is 12.5 Å². The van der Waals surface area contributed by atoms with Crippen molar-refractivity contribution in [2.45, 2.75) is 25.4 Å². The second-order valence-corrected chi connectivity index (χ2v) is 6.80. The van der Waals surface area contributed by atoms with Crippen molar-refractivity contribution in [3.63, 3.8) is 0 Å². The smallest absolute Gasteiger partial charge is 0.151 e. The highest BCUT2D eigenvalue weighted by molar-refractivity contribution is 7.91. The monoisotopic (exact) mass is 275 g/mol. The average molecular weight is 275 g/mol. The van der Waals surface area contributed by atoms with E-state index in [2.05, 4.69) is 5.32 Å². The van der Waals surface area contributed by atoms with Gasteiger partial charge >= 0.3 is 0 Å². The Kier molecular flexibility index (Phi) is 3.97. The average Bonchev–Trinajstić information content (AvgIpc) is 2.26. The molecule has 1 heterocycles. The molecule has 1 saturated heterocycles. The first-order chi connectivity index (χ1) is 8.46. The van der Waals surface area contributed by atoms with Crippen LogP contribution in [0.25, 0.3) is 0 Å². The third kappa shape index (κ3) is 3.49. The molecule has 1 aromatic carbocycles. The SMILES string of the molecule is O=S1(=O)CCCC(NCc2ccc(F)cc2F)C1.